The second-order valence-electron chi connectivity index (χ2n) is 4.49. The van der Waals surface area contributed by atoms with Crippen LogP contribution in [0.2, 0.25) is 0 Å². The predicted molar refractivity (Wildman–Crippen MR) is 82.5 cm³/mol. The summed E-state index contributed by atoms with van der Waals surface area (Å²) in [7, 11) is 0. The van der Waals surface area contributed by atoms with Gasteiger partial charge in [-0.1, -0.05) is 36.4 Å². The molecule has 5 heteroatoms. The Balaban J connectivity index is 2.15. The molecule has 2 aromatic rings. The van der Waals surface area contributed by atoms with Crippen molar-refractivity contribution in [1.29, 1.82) is 0 Å². The van der Waals surface area contributed by atoms with E-state index in [1.807, 2.05) is 36.4 Å². The van der Waals surface area contributed by atoms with Crippen molar-refractivity contribution in [2.75, 3.05) is 5.32 Å². The van der Waals surface area contributed by atoms with Gasteiger partial charge < -0.3 is 16.4 Å². The Morgan fingerprint density at radius 3 is 2.62 bits per heavy atom. The molecule has 0 aliphatic heterocycles. The molecule has 3 amide bonds. The van der Waals surface area contributed by atoms with Crippen molar-refractivity contribution in [2.24, 2.45) is 5.73 Å². The quantitative estimate of drug-likeness (QED) is 0.747. The number of nitrogens with one attached hydrogen (secondary N) is 2. The van der Waals surface area contributed by atoms with Crippen LogP contribution in [0.15, 0.2) is 42.5 Å². The zero-order valence-electron chi connectivity index (χ0n) is 11.3. The van der Waals surface area contributed by atoms with Crippen molar-refractivity contribution >= 4 is 28.4 Å². The molecule has 0 bridgehead atoms. The molecule has 5 nitrogen and oxygen atoms in total. The molecular formula is C16H15N3O2. The summed E-state index contributed by atoms with van der Waals surface area (Å²) in [5.41, 5.74) is 5.83. The molecule has 4 N–H and O–H groups in total. The number of benzene rings is 2. The van der Waals surface area contributed by atoms with E-state index in [2.05, 4.69) is 16.6 Å². The fourth-order valence-electron chi connectivity index (χ4n) is 1.99. The standard InChI is InChI=1S/C16H15N3O2/c1-2-6-14(15(17)20)19-16(21)18-13-10-5-8-11-7-3-4-9-12(11)13/h1,3-5,7-10,14H,6H2,(H2,17,20)(H2,18,19,21). The maximum Gasteiger partial charge on any atom is 0.319 e. The van der Waals surface area contributed by atoms with Crippen LogP contribution in [-0.2, 0) is 4.79 Å². The Morgan fingerprint density at radius 2 is 1.90 bits per heavy atom. The van der Waals surface area contributed by atoms with E-state index in [1.165, 1.54) is 0 Å². The lowest BCUT2D eigenvalue weighted by Crippen LogP contribution is -2.45. The molecule has 1 unspecified atom stereocenters. The van der Waals surface area contributed by atoms with E-state index >= 15 is 0 Å². The molecule has 0 radical (unpaired) electrons. The predicted octanol–water partition coefficient (Wildman–Crippen LogP) is 1.84. The molecule has 0 spiro atoms. The number of anilines is 1. The summed E-state index contributed by atoms with van der Waals surface area (Å²) in [6.07, 6.45) is 5.19. The lowest BCUT2D eigenvalue weighted by Gasteiger charge is -2.14. The van der Waals surface area contributed by atoms with Crippen LogP contribution in [0, 0.1) is 12.3 Å². The molecule has 0 saturated heterocycles. The Kier molecular flexibility index (Phi) is 4.42. The maximum atomic E-state index is 11.9. The highest BCUT2D eigenvalue weighted by atomic mass is 16.2. The van der Waals surface area contributed by atoms with Crippen molar-refractivity contribution in [3.63, 3.8) is 0 Å². The third kappa shape index (κ3) is 3.51. The van der Waals surface area contributed by atoms with Crippen LogP contribution in [0.1, 0.15) is 6.42 Å². The van der Waals surface area contributed by atoms with Gasteiger partial charge in [-0.05, 0) is 11.5 Å². The van der Waals surface area contributed by atoms with Gasteiger partial charge in [0.2, 0.25) is 5.91 Å². The molecule has 0 aliphatic carbocycles. The largest absolute Gasteiger partial charge is 0.368 e. The van der Waals surface area contributed by atoms with Gasteiger partial charge in [-0.15, -0.1) is 12.3 Å². The van der Waals surface area contributed by atoms with Crippen LogP contribution < -0.4 is 16.4 Å². The van der Waals surface area contributed by atoms with E-state index in [9.17, 15) is 9.59 Å². The number of rotatable bonds is 4. The molecule has 106 valence electrons. The summed E-state index contributed by atoms with van der Waals surface area (Å²) in [4.78, 5) is 23.1. The topological polar surface area (TPSA) is 84.2 Å². The summed E-state index contributed by atoms with van der Waals surface area (Å²) < 4.78 is 0. The fourth-order valence-corrected chi connectivity index (χ4v) is 1.99. The zero-order valence-corrected chi connectivity index (χ0v) is 11.3. The van der Waals surface area contributed by atoms with E-state index in [-0.39, 0.29) is 6.42 Å². The first kappa shape index (κ1) is 14.4. The highest BCUT2D eigenvalue weighted by molar-refractivity contribution is 6.02. The third-order valence-corrected chi connectivity index (χ3v) is 3.01. The van der Waals surface area contributed by atoms with E-state index < -0.39 is 18.0 Å². The van der Waals surface area contributed by atoms with Gasteiger partial charge in [0.25, 0.3) is 0 Å². The lowest BCUT2D eigenvalue weighted by molar-refractivity contribution is -0.119. The smallest absolute Gasteiger partial charge is 0.319 e. The molecule has 1 atom stereocenters. The minimum Gasteiger partial charge on any atom is -0.368 e. The molecule has 0 saturated carbocycles. The normalized spacial score (nSPS) is 11.4. The second-order valence-corrected chi connectivity index (χ2v) is 4.49. The van der Waals surface area contributed by atoms with Crippen LogP contribution in [0.5, 0.6) is 0 Å². The first-order valence-electron chi connectivity index (χ1n) is 6.40. The van der Waals surface area contributed by atoms with Gasteiger partial charge in [-0.25, -0.2) is 4.79 Å². The summed E-state index contributed by atoms with van der Waals surface area (Å²) in [5, 5.41) is 7.08. The number of carbonyl (C=O) groups is 2. The van der Waals surface area contributed by atoms with E-state index in [4.69, 9.17) is 12.2 Å². The van der Waals surface area contributed by atoms with E-state index in [1.54, 1.807) is 6.07 Å². The molecule has 2 rings (SSSR count). The van der Waals surface area contributed by atoms with Crippen LogP contribution >= 0.6 is 0 Å². The molecule has 0 aromatic heterocycles. The Hall–Kier alpha value is -3.00. The minimum absolute atomic E-state index is 0.0539. The first-order chi connectivity index (χ1) is 10.1. The number of terminal acetylenes is 1. The van der Waals surface area contributed by atoms with Gasteiger partial charge in [0, 0.05) is 11.8 Å². The number of urea groups is 1. The number of hydrogen-bond acceptors (Lipinski definition) is 2. The average molecular weight is 281 g/mol. The Bertz CT molecular complexity index is 714. The number of hydrogen-bond donors (Lipinski definition) is 3. The Labute approximate surface area is 122 Å². The SMILES string of the molecule is C#CCC(NC(=O)Nc1cccc2ccccc12)C(N)=O. The van der Waals surface area contributed by atoms with Crippen LogP contribution in [0.4, 0.5) is 10.5 Å². The summed E-state index contributed by atoms with van der Waals surface area (Å²) in [6, 6.07) is 11.8. The molecule has 0 fully saturated rings. The van der Waals surface area contributed by atoms with Gasteiger partial charge in [0.05, 0.1) is 5.69 Å². The average Bonchev–Trinajstić information content (AvgIpc) is 2.47. The molecule has 0 heterocycles. The number of carbonyl (C=O) groups excluding carboxylic acids is 2. The highest BCUT2D eigenvalue weighted by Crippen LogP contribution is 2.22. The van der Waals surface area contributed by atoms with Gasteiger partial charge in [-0.2, -0.15) is 0 Å². The first-order valence-corrected chi connectivity index (χ1v) is 6.40. The number of fused-ring (bicyclic) bond motifs is 1. The second kappa shape index (κ2) is 6.44. The van der Waals surface area contributed by atoms with Crippen LogP contribution in [0.25, 0.3) is 10.8 Å². The van der Waals surface area contributed by atoms with E-state index in [0.717, 1.165) is 10.8 Å². The molecule has 21 heavy (non-hydrogen) atoms. The van der Waals surface area contributed by atoms with Gasteiger partial charge in [-0.3, -0.25) is 4.79 Å². The number of primary amides is 1. The number of amides is 3. The molecule has 0 aliphatic rings. The summed E-state index contributed by atoms with van der Waals surface area (Å²) in [5.74, 6) is 1.64. The number of nitrogens with two attached hydrogens (primary N) is 1. The van der Waals surface area contributed by atoms with Crippen molar-refractivity contribution < 1.29 is 9.59 Å². The van der Waals surface area contributed by atoms with Crippen molar-refractivity contribution in [2.45, 2.75) is 12.5 Å². The zero-order chi connectivity index (χ0) is 15.2. The highest BCUT2D eigenvalue weighted by Gasteiger charge is 2.17. The van der Waals surface area contributed by atoms with Gasteiger partial charge in [0.1, 0.15) is 6.04 Å². The minimum atomic E-state index is -0.884. The van der Waals surface area contributed by atoms with Crippen LogP contribution in [-0.4, -0.2) is 18.0 Å². The van der Waals surface area contributed by atoms with Crippen molar-refractivity contribution in [1.82, 2.24) is 5.32 Å². The fraction of sp³-hybridized carbons (Fsp3) is 0.125. The van der Waals surface area contributed by atoms with Crippen LogP contribution in [0.3, 0.4) is 0 Å². The third-order valence-electron chi connectivity index (χ3n) is 3.01. The monoisotopic (exact) mass is 281 g/mol. The van der Waals surface area contributed by atoms with Gasteiger partial charge >= 0.3 is 6.03 Å². The van der Waals surface area contributed by atoms with Crippen molar-refractivity contribution in [3.05, 3.63) is 42.5 Å². The summed E-state index contributed by atoms with van der Waals surface area (Å²) >= 11 is 0. The summed E-state index contributed by atoms with van der Waals surface area (Å²) in [6.45, 7) is 0. The van der Waals surface area contributed by atoms with E-state index in [0.29, 0.717) is 5.69 Å². The lowest BCUT2D eigenvalue weighted by atomic mass is 10.1. The maximum absolute atomic E-state index is 11.9. The van der Waals surface area contributed by atoms with Gasteiger partial charge in [0.15, 0.2) is 0 Å². The molecule has 2 aromatic carbocycles. The van der Waals surface area contributed by atoms with Crippen molar-refractivity contribution in [3.8, 4) is 12.3 Å². The molecular weight excluding hydrogens is 266 g/mol. The Morgan fingerprint density at radius 1 is 1.19 bits per heavy atom.